The summed E-state index contributed by atoms with van der Waals surface area (Å²) >= 11 is 0. The summed E-state index contributed by atoms with van der Waals surface area (Å²) in [5.41, 5.74) is 2.89. The number of nitrogens with zero attached hydrogens (tertiary/aromatic N) is 2. The minimum atomic E-state index is -0.0655. The van der Waals surface area contributed by atoms with Crippen LogP contribution in [0.4, 0.5) is 0 Å². The van der Waals surface area contributed by atoms with Crippen molar-refractivity contribution in [2.75, 3.05) is 13.1 Å². The molecule has 2 heteroatoms. The van der Waals surface area contributed by atoms with Gasteiger partial charge in [0.2, 0.25) is 0 Å². The summed E-state index contributed by atoms with van der Waals surface area (Å²) in [5.74, 6) is 0.442. The lowest BCUT2D eigenvalue weighted by molar-refractivity contribution is -0.00378. The molecule has 0 bridgehead atoms. The molecule has 2 aromatic carbocycles. The third kappa shape index (κ3) is 18.2. The highest BCUT2D eigenvalue weighted by atomic mass is 15.4. The number of unbranched alkanes of at least 4 members (excludes halogenated alkanes) is 27. The van der Waals surface area contributed by atoms with Gasteiger partial charge in [-0.3, -0.25) is 0 Å². The zero-order chi connectivity index (χ0) is 38.2. The van der Waals surface area contributed by atoms with E-state index in [9.17, 15) is 0 Å². The molecule has 1 aliphatic rings. The van der Waals surface area contributed by atoms with Crippen molar-refractivity contribution in [3.05, 3.63) is 84.2 Å². The first-order valence-corrected chi connectivity index (χ1v) is 24.1. The first-order chi connectivity index (χ1) is 26.8. The topological polar surface area (TPSA) is 6.48 Å². The van der Waals surface area contributed by atoms with Crippen molar-refractivity contribution in [2.45, 2.75) is 231 Å². The van der Waals surface area contributed by atoms with Gasteiger partial charge in [-0.05, 0) is 30.4 Å². The molecule has 0 saturated heterocycles. The van der Waals surface area contributed by atoms with Gasteiger partial charge in [0.25, 0.3) is 0 Å². The second-order valence-electron chi connectivity index (χ2n) is 17.1. The quantitative estimate of drug-likeness (QED) is 0.0642. The van der Waals surface area contributed by atoms with Gasteiger partial charge in [-0.15, -0.1) is 0 Å². The van der Waals surface area contributed by atoms with Crippen LogP contribution in [0.2, 0.25) is 0 Å². The summed E-state index contributed by atoms with van der Waals surface area (Å²) in [7, 11) is 0. The fourth-order valence-corrected chi connectivity index (χ4v) is 9.39. The fourth-order valence-electron chi connectivity index (χ4n) is 9.39. The van der Waals surface area contributed by atoms with Crippen LogP contribution in [0.5, 0.6) is 0 Å². The molecule has 1 heterocycles. The van der Waals surface area contributed by atoms with Crippen LogP contribution in [0, 0.1) is 0 Å². The summed E-state index contributed by atoms with van der Waals surface area (Å²) in [5, 5.41) is 0. The molecule has 2 aromatic rings. The first-order valence-electron chi connectivity index (χ1n) is 24.1. The second-order valence-corrected chi connectivity index (χ2v) is 17.1. The van der Waals surface area contributed by atoms with Crippen LogP contribution in [0.3, 0.4) is 0 Å². The molecule has 0 fully saturated rings. The molecule has 2 unspecified atom stereocenters. The Labute approximate surface area is 337 Å². The van der Waals surface area contributed by atoms with Crippen molar-refractivity contribution < 1.29 is 0 Å². The molecule has 1 aliphatic heterocycles. The van der Waals surface area contributed by atoms with E-state index in [1.54, 1.807) is 0 Å². The standard InChI is InChI=1S/C52H88N2/c1-4-7-9-11-13-15-17-19-21-23-25-27-29-31-39-45-54-47-46-53(44-38-30-28-26-24-22-20-18-16-14-12-10-8-5-2)52(54,48-49-40-34-32-35-41-49)51(6-3)50-42-36-33-37-43-50/h32-37,40-43,46-47,51H,4-31,38-39,44-45,48H2,1-3H3. The van der Waals surface area contributed by atoms with Crippen LogP contribution in [0.15, 0.2) is 73.1 Å². The summed E-state index contributed by atoms with van der Waals surface area (Å²) in [6, 6.07) is 22.9. The van der Waals surface area contributed by atoms with Gasteiger partial charge in [0.1, 0.15) is 5.66 Å². The highest BCUT2D eigenvalue weighted by Gasteiger charge is 2.49. The SMILES string of the molecule is CCCCCCCCCCCCCCCCCN1C=CN(CCCCCCCCCCCCCCCC)C1(Cc1ccccc1)C(CC)c1ccccc1. The van der Waals surface area contributed by atoms with Gasteiger partial charge in [0.15, 0.2) is 0 Å². The summed E-state index contributed by atoms with van der Waals surface area (Å²) in [4.78, 5) is 5.60. The van der Waals surface area contributed by atoms with Gasteiger partial charge < -0.3 is 9.80 Å². The number of rotatable bonds is 36. The Bertz CT molecular complexity index is 1130. The van der Waals surface area contributed by atoms with E-state index >= 15 is 0 Å². The monoisotopic (exact) mass is 741 g/mol. The van der Waals surface area contributed by atoms with Gasteiger partial charge >= 0.3 is 0 Å². The molecule has 2 atom stereocenters. The van der Waals surface area contributed by atoms with Crippen molar-refractivity contribution in [3.63, 3.8) is 0 Å². The van der Waals surface area contributed by atoms with E-state index in [2.05, 4.69) is 104 Å². The molecule has 0 amide bonds. The van der Waals surface area contributed by atoms with Crippen molar-refractivity contribution in [2.24, 2.45) is 0 Å². The second kappa shape index (κ2) is 30.9. The maximum Gasteiger partial charge on any atom is 0.123 e. The van der Waals surface area contributed by atoms with Crippen LogP contribution < -0.4 is 0 Å². The Balaban J connectivity index is 1.49. The zero-order valence-corrected chi connectivity index (χ0v) is 36.2. The Morgan fingerprint density at radius 1 is 0.389 bits per heavy atom. The molecule has 0 saturated carbocycles. The van der Waals surface area contributed by atoms with Crippen molar-refractivity contribution in [3.8, 4) is 0 Å². The molecule has 0 aromatic heterocycles. The summed E-state index contributed by atoms with van der Waals surface area (Å²) in [6.07, 6.45) is 48.2. The number of hydrogen-bond donors (Lipinski definition) is 0. The molecular formula is C52H88N2. The maximum absolute atomic E-state index is 2.80. The molecule has 0 radical (unpaired) electrons. The molecule has 3 rings (SSSR count). The van der Waals surface area contributed by atoms with E-state index in [1.807, 2.05) is 0 Å². The van der Waals surface area contributed by atoms with Crippen LogP contribution in [0.25, 0.3) is 0 Å². The highest BCUT2D eigenvalue weighted by molar-refractivity contribution is 5.30. The Morgan fingerprint density at radius 2 is 0.704 bits per heavy atom. The summed E-state index contributed by atoms with van der Waals surface area (Å²) < 4.78 is 0. The number of hydrogen-bond acceptors (Lipinski definition) is 2. The third-order valence-electron chi connectivity index (χ3n) is 12.7. The Hall–Kier alpha value is -2.22. The normalized spacial score (nSPS) is 16.1. The zero-order valence-electron chi connectivity index (χ0n) is 36.2. The smallest absolute Gasteiger partial charge is 0.123 e. The highest BCUT2D eigenvalue weighted by Crippen LogP contribution is 2.45. The minimum Gasteiger partial charge on any atom is -0.353 e. The van der Waals surface area contributed by atoms with Gasteiger partial charge in [0, 0.05) is 37.8 Å². The molecule has 54 heavy (non-hydrogen) atoms. The van der Waals surface area contributed by atoms with E-state index in [0.29, 0.717) is 5.92 Å². The minimum absolute atomic E-state index is 0.0655. The van der Waals surface area contributed by atoms with Crippen LogP contribution in [-0.4, -0.2) is 28.6 Å². The molecule has 2 nitrogen and oxygen atoms in total. The van der Waals surface area contributed by atoms with E-state index in [0.717, 1.165) is 25.9 Å². The number of benzene rings is 2. The van der Waals surface area contributed by atoms with E-state index in [1.165, 1.54) is 197 Å². The summed E-state index contributed by atoms with van der Waals surface area (Å²) in [6.45, 7) is 9.36. The van der Waals surface area contributed by atoms with E-state index in [4.69, 9.17) is 0 Å². The van der Waals surface area contributed by atoms with Gasteiger partial charge in [-0.2, -0.15) is 0 Å². The average Bonchev–Trinajstić information content (AvgIpc) is 3.53. The Morgan fingerprint density at radius 3 is 1.04 bits per heavy atom. The molecule has 306 valence electrons. The van der Waals surface area contributed by atoms with Crippen molar-refractivity contribution in [1.82, 2.24) is 9.80 Å². The predicted molar refractivity (Wildman–Crippen MR) is 240 cm³/mol. The van der Waals surface area contributed by atoms with Crippen LogP contribution >= 0.6 is 0 Å². The molecule has 0 spiro atoms. The van der Waals surface area contributed by atoms with E-state index < -0.39 is 0 Å². The van der Waals surface area contributed by atoms with Crippen molar-refractivity contribution in [1.29, 1.82) is 0 Å². The molecule has 0 N–H and O–H groups in total. The third-order valence-corrected chi connectivity index (χ3v) is 12.7. The van der Waals surface area contributed by atoms with Crippen LogP contribution in [0.1, 0.15) is 230 Å². The predicted octanol–water partition coefficient (Wildman–Crippen LogP) is 16.6. The molecule has 0 aliphatic carbocycles. The van der Waals surface area contributed by atoms with Crippen LogP contribution in [-0.2, 0) is 6.42 Å². The Kier molecular flexibility index (Phi) is 26.4. The molecular weight excluding hydrogens is 653 g/mol. The first kappa shape index (κ1) is 46.2. The average molecular weight is 741 g/mol. The lowest BCUT2D eigenvalue weighted by Gasteiger charge is -2.51. The maximum atomic E-state index is 2.80. The lowest BCUT2D eigenvalue weighted by Crippen LogP contribution is -2.59. The van der Waals surface area contributed by atoms with Gasteiger partial charge in [0.05, 0.1) is 0 Å². The van der Waals surface area contributed by atoms with Gasteiger partial charge in [-0.25, -0.2) is 0 Å². The largest absolute Gasteiger partial charge is 0.353 e. The lowest BCUT2D eigenvalue weighted by atomic mass is 9.78. The van der Waals surface area contributed by atoms with E-state index in [-0.39, 0.29) is 5.66 Å². The van der Waals surface area contributed by atoms with Gasteiger partial charge in [-0.1, -0.05) is 255 Å². The fraction of sp³-hybridized carbons (Fsp3) is 0.731. The van der Waals surface area contributed by atoms with Crippen molar-refractivity contribution >= 4 is 0 Å².